The molecule has 1 aliphatic heterocycles. The molecule has 1 N–H and O–H groups in total. The number of nitrogens with zero attached hydrogens (tertiary/aromatic N) is 1. The van der Waals surface area contributed by atoms with E-state index in [1.54, 1.807) is 11.0 Å². The highest BCUT2D eigenvalue weighted by Crippen LogP contribution is 2.39. The highest BCUT2D eigenvalue weighted by atomic mass is 16.5. The highest BCUT2D eigenvalue weighted by molar-refractivity contribution is 6.15. The second-order valence-electron chi connectivity index (χ2n) is 7.62. The molecule has 4 rings (SSSR count). The minimum atomic E-state index is -0.718. The molecule has 1 unspecified atom stereocenters. The molecule has 1 aliphatic rings. The van der Waals surface area contributed by atoms with Crippen LogP contribution in [-0.4, -0.2) is 34.8 Å². The maximum absolute atomic E-state index is 13.2. The van der Waals surface area contributed by atoms with Crippen molar-refractivity contribution in [3.8, 4) is 5.75 Å². The summed E-state index contributed by atoms with van der Waals surface area (Å²) in [6, 6.07) is 19.5. The fourth-order valence-corrected chi connectivity index (χ4v) is 3.86. The molecule has 0 fully saturated rings. The van der Waals surface area contributed by atoms with Gasteiger partial charge in [-0.05, 0) is 48.2 Å². The number of carbonyl (C=O) groups excluding carboxylic acids is 2. The molecule has 164 valence electrons. The van der Waals surface area contributed by atoms with Crippen LogP contribution in [0.5, 0.6) is 5.75 Å². The van der Waals surface area contributed by atoms with Gasteiger partial charge in [-0.25, -0.2) is 0 Å². The topological polar surface area (TPSA) is 80.0 Å². The second kappa shape index (κ2) is 9.56. The Bertz CT molecular complexity index is 1100. The molecule has 0 spiro atoms. The van der Waals surface area contributed by atoms with Crippen molar-refractivity contribution in [3.05, 3.63) is 101 Å². The van der Waals surface area contributed by atoms with Gasteiger partial charge in [0.25, 0.3) is 5.91 Å². The van der Waals surface area contributed by atoms with Crippen molar-refractivity contribution in [2.45, 2.75) is 25.8 Å². The van der Waals surface area contributed by atoms with E-state index in [0.29, 0.717) is 30.9 Å². The molecule has 2 aromatic carbocycles. The van der Waals surface area contributed by atoms with Gasteiger partial charge < -0.3 is 19.2 Å². The first-order valence-electron chi connectivity index (χ1n) is 10.7. The van der Waals surface area contributed by atoms with E-state index in [1.165, 1.54) is 12.3 Å². The molecule has 0 radical (unpaired) electrons. The standard InChI is InChI=1S/C26H25NO5/c1-2-16-31-20-12-10-19(11-13-20)23-22(24(28)21-9-6-17-32-21)25(29)26(30)27(23)15-14-18-7-4-3-5-8-18/h3-13,17,23,29H,2,14-16H2,1H3. The first kappa shape index (κ1) is 21.4. The average Bonchev–Trinajstić information content (AvgIpc) is 3.45. The lowest BCUT2D eigenvalue weighted by Crippen LogP contribution is -2.33. The van der Waals surface area contributed by atoms with Gasteiger partial charge >= 0.3 is 0 Å². The summed E-state index contributed by atoms with van der Waals surface area (Å²) in [6.07, 6.45) is 2.88. The normalized spacial score (nSPS) is 16.0. The summed E-state index contributed by atoms with van der Waals surface area (Å²) >= 11 is 0. The maximum atomic E-state index is 13.2. The number of aliphatic hydroxyl groups is 1. The maximum Gasteiger partial charge on any atom is 0.290 e. The Labute approximate surface area is 186 Å². The van der Waals surface area contributed by atoms with E-state index in [-0.39, 0.29) is 11.3 Å². The average molecular weight is 431 g/mol. The van der Waals surface area contributed by atoms with E-state index in [9.17, 15) is 14.7 Å². The number of hydrogen-bond donors (Lipinski definition) is 1. The SMILES string of the molecule is CCCOc1ccc(C2C(C(=O)c3ccco3)=C(O)C(=O)N2CCc2ccccc2)cc1. The van der Waals surface area contributed by atoms with E-state index >= 15 is 0 Å². The molecule has 6 heteroatoms. The zero-order chi connectivity index (χ0) is 22.5. The molecule has 6 nitrogen and oxygen atoms in total. The summed E-state index contributed by atoms with van der Waals surface area (Å²) < 4.78 is 10.9. The van der Waals surface area contributed by atoms with Crippen LogP contribution in [0.4, 0.5) is 0 Å². The van der Waals surface area contributed by atoms with Crippen LogP contribution in [-0.2, 0) is 11.2 Å². The summed E-state index contributed by atoms with van der Waals surface area (Å²) in [5.41, 5.74) is 1.81. The van der Waals surface area contributed by atoms with E-state index in [0.717, 1.165) is 12.0 Å². The smallest absolute Gasteiger partial charge is 0.290 e. The molecule has 3 aromatic rings. The van der Waals surface area contributed by atoms with Crippen LogP contribution in [0, 0.1) is 0 Å². The third-order valence-electron chi connectivity index (χ3n) is 5.45. The number of ether oxygens (including phenoxy) is 1. The lowest BCUT2D eigenvalue weighted by molar-refractivity contribution is -0.129. The van der Waals surface area contributed by atoms with Crippen LogP contribution in [0.15, 0.2) is 88.7 Å². The predicted octanol–water partition coefficient (Wildman–Crippen LogP) is 4.89. The highest BCUT2D eigenvalue weighted by Gasteiger charge is 2.44. The second-order valence-corrected chi connectivity index (χ2v) is 7.62. The van der Waals surface area contributed by atoms with Crippen LogP contribution in [0.2, 0.25) is 0 Å². The number of Topliss-reactive ketones (excluding diaryl/α,β-unsaturated/α-hetero) is 1. The van der Waals surface area contributed by atoms with Crippen LogP contribution < -0.4 is 4.74 Å². The van der Waals surface area contributed by atoms with Crippen molar-refractivity contribution in [2.75, 3.05) is 13.2 Å². The molecule has 1 amide bonds. The first-order valence-corrected chi connectivity index (χ1v) is 10.7. The number of carbonyl (C=O) groups is 2. The quantitative estimate of drug-likeness (QED) is 0.488. The van der Waals surface area contributed by atoms with Crippen molar-refractivity contribution >= 4 is 11.7 Å². The van der Waals surface area contributed by atoms with Gasteiger partial charge in [-0.15, -0.1) is 0 Å². The molecule has 1 aromatic heterocycles. The zero-order valence-electron chi connectivity index (χ0n) is 17.9. The number of amides is 1. The molecular weight excluding hydrogens is 406 g/mol. The molecule has 0 bridgehead atoms. The Morgan fingerprint density at radius 2 is 1.81 bits per heavy atom. The van der Waals surface area contributed by atoms with Crippen molar-refractivity contribution in [3.63, 3.8) is 0 Å². The fourth-order valence-electron chi connectivity index (χ4n) is 3.86. The van der Waals surface area contributed by atoms with E-state index < -0.39 is 23.5 Å². The van der Waals surface area contributed by atoms with Crippen molar-refractivity contribution in [2.24, 2.45) is 0 Å². The largest absolute Gasteiger partial charge is 0.503 e. The molecule has 0 saturated heterocycles. The first-order chi connectivity index (χ1) is 15.6. The lowest BCUT2D eigenvalue weighted by atomic mass is 9.95. The summed E-state index contributed by atoms with van der Waals surface area (Å²) in [5, 5.41) is 10.7. The summed E-state index contributed by atoms with van der Waals surface area (Å²) in [4.78, 5) is 27.7. The zero-order valence-corrected chi connectivity index (χ0v) is 17.9. The predicted molar refractivity (Wildman–Crippen MR) is 120 cm³/mol. The third kappa shape index (κ3) is 4.30. The van der Waals surface area contributed by atoms with Gasteiger partial charge in [-0.1, -0.05) is 49.4 Å². The van der Waals surface area contributed by atoms with Crippen molar-refractivity contribution < 1.29 is 23.8 Å². The monoisotopic (exact) mass is 431 g/mol. The number of benzene rings is 2. The Balaban J connectivity index is 1.67. The molecule has 32 heavy (non-hydrogen) atoms. The number of hydrogen-bond acceptors (Lipinski definition) is 5. The van der Waals surface area contributed by atoms with Gasteiger partial charge in [0.05, 0.1) is 24.5 Å². The van der Waals surface area contributed by atoms with Crippen LogP contribution in [0.25, 0.3) is 0 Å². The lowest BCUT2D eigenvalue weighted by Gasteiger charge is -2.27. The molecule has 1 atom stereocenters. The van der Waals surface area contributed by atoms with Crippen LogP contribution in [0.1, 0.15) is 41.1 Å². The summed E-state index contributed by atoms with van der Waals surface area (Å²) in [5.74, 6) is -0.803. The number of ketones is 1. The Hall–Kier alpha value is -3.80. The van der Waals surface area contributed by atoms with Gasteiger partial charge in [-0.2, -0.15) is 0 Å². The molecular formula is C26H25NO5. The van der Waals surface area contributed by atoms with Crippen molar-refractivity contribution in [1.82, 2.24) is 4.90 Å². The Morgan fingerprint density at radius 3 is 2.47 bits per heavy atom. The van der Waals surface area contributed by atoms with Crippen LogP contribution in [0.3, 0.4) is 0 Å². The third-order valence-corrected chi connectivity index (χ3v) is 5.45. The minimum Gasteiger partial charge on any atom is -0.503 e. The number of aliphatic hydroxyl groups excluding tert-OH is 1. The van der Waals surface area contributed by atoms with E-state index in [2.05, 4.69) is 0 Å². The molecule has 0 aliphatic carbocycles. The summed E-state index contributed by atoms with van der Waals surface area (Å²) in [7, 11) is 0. The van der Waals surface area contributed by atoms with Gasteiger partial charge in [-0.3, -0.25) is 9.59 Å². The Kier molecular flexibility index (Phi) is 6.40. The fraction of sp³-hybridized carbons (Fsp3) is 0.231. The van der Waals surface area contributed by atoms with Crippen LogP contribution >= 0.6 is 0 Å². The Morgan fingerprint density at radius 1 is 1.06 bits per heavy atom. The van der Waals surface area contributed by atoms with Gasteiger partial charge in [0, 0.05) is 6.54 Å². The van der Waals surface area contributed by atoms with Gasteiger partial charge in [0.15, 0.2) is 11.5 Å². The molecule has 2 heterocycles. The number of furan rings is 1. The minimum absolute atomic E-state index is 0.0280. The molecule has 0 saturated carbocycles. The van der Waals surface area contributed by atoms with E-state index in [1.807, 2.05) is 61.5 Å². The number of rotatable bonds is 9. The van der Waals surface area contributed by atoms with Gasteiger partial charge in [0.2, 0.25) is 5.78 Å². The van der Waals surface area contributed by atoms with Gasteiger partial charge in [0.1, 0.15) is 5.75 Å². The van der Waals surface area contributed by atoms with E-state index in [4.69, 9.17) is 9.15 Å². The van der Waals surface area contributed by atoms with Crippen molar-refractivity contribution in [1.29, 1.82) is 0 Å². The summed E-state index contributed by atoms with van der Waals surface area (Å²) in [6.45, 7) is 2.98.